The zero-order valence-corrected chi connectivity index (χ0v) is 17.9. The summed E-state index contributed by atoms with van der Waals surface area (Å²) in [5.74, 6) is 1.05. The van der Waals surface area contributed by atoms with E-state index in [4.69, 9.17) is 28.2 Å². The van der Waals surface area contributed by atoms with Gasteiger partial charge in [-0.3, -0.25) is 9.56 Å². The van der Waals surface area contributed by atoms with Crippen molar-refractivity contribution >= 4 is 38.9 Å². The molecular formula is C19H17Cl2N5O2S. The quantitative estimate of drug-likeness (QED) is 0.659. The summed E-state index contributed by atoms with van der Waals surface area (Å²) in [7, 11) is -3.43. The van der Waals surface area contributed by atoms with Crippen LogP contribution in [-0.4, -0.2) is 35.1 Å². The van der Waals surface area contributed by atoms with Crippen molar-refractivity contribution in [1.29, 1.82) is 0 Å². The summed E-state index contributed by atoms with van der Waals surface area (Å²) in [5, 5.41) is 9.58. The molecule has 7 nitrogen and oxygen atoms in total. The maximum atomic E-state index is 11.7. The second-order valence-corrected chi connectivity index (χ2v) is 9.35. The topological polar surface area (TPSA) is 89.2 Å². The summed E-state index contributed by atoms with van der Waals surface area (Å²) in [6.45, 7) is 1.97. The van der Waals surface area contributed by atoms with Gasteiger partial charge >= 0.3 is 0 Å². The molecule has 0 radical (unpaired) electrons. The van der Waals surface area contributed by atoms with Gasteiger partial charge in [-0.25, -0.2) is 13.1 Å². The summed E-state index contributed by atoms with van der Waals surface area (Å²) in [5.41, 5.74) is 2.98. The third-order valence-electron chi connectivity index (χ3n) is 4.50. The Kier molecular flexibility index (Phi) is 5.20. The minimum atomic E-state index is -3.43. The van der Waals surface area contributed by atoms with Crippen molar-refractivity contribution in [3.05, 3.63) is 75.3 Å². The molecule has 29 heavy (non-hydrogen) atoms. The molecule has 0 spiro atoms. The Hall–Kier alpha value is -2.26. The first-order valence-corrected chi connectivity index (χ1v) is 11.4. The Labute approximate surface area is 178 Å². The number of aromatic nitrogens is 3. The monoisotopic (exact) mass is 449 g/mol. The van der Waals surface area contributed by atoms with Gasteiger partial charge in [0.1, 0.15) is 6.54 Å². The Morgan fingerprint density at radius 1 is 1.10 bits per heavy atom. The van der Waals surface area contributed by atoms with Crippen LogP contribution < -0.4 is 4.72 Å². The van der Waals surface area contributed by atoms with E-state index in [9.17, 15) is 8.42 Å². The van der Waals surface area contributed by atoms with Crippen LogP contribution in [0.1, 0.15) is 35.7 Å². The average Bonchev–Trinajstić information content (AvgIpc) is 2.99. The molecule has 4 rings (SSSR count). The lowest BCUT2D eigenvalue weighted by Gasteiger charge is -2.17. The zero-order chi connectivity index (χ0) is 20.8. The van der Waals surface area contributed by atoms with E-state index in [0.717, 1.165) is 23.1 Å². The minimum absolute atomic E-state index is 0.255. The number of fused-ring (bicyclic) bond motifs is 3. The summed E-state index contributed by atoms with van der Waals surface area (Å²) in [6, 6.07) is 12.3. The van der Waals surface area contributed by atoms with Gasteiger partial charge in [0.15, 0.2) is 11.6 Å². The fraction of sp³-hybridized carbons (Fsp3) is 0.211. The minimum Gasteiger partial charge on any atom is -0.279 e. The molecule has 150 valence electrons. The molecule has 2 aromatic carbocycles. The number of hydrogen-bond donors (Lipinski definition) is 1. The molecule has 1 atom stereocenters. The molecule has 0 unspecified atom stereocenters. The van der Waals surface area contributed by atoms with Crippen LogP contribution in [0.5, 0.6) is 0 Å². The number of sulfonamides is 1. The van der Waals surface area contributed by atoms with E-state index in [1.165, 1.54) is 0 Å². The van der Waals surface area contributed by atoms with E-state index in [1.807, 2.05) is 34.9 Å². The standard InChI is InChI=1S/C19H17Cl2N5O2S/c1-11(25-29(2,27)28)19-24-23-17-10-22-18(13-5-3-4-6-15(13)21)14-9-12(20)7-8-16(14)26(17)19/h3-9,11,25H,10H2,1-2H3/t11-/m0/s1. The molecule has 0 saturated carbocycles. The van der Waals surface area contributed by atoms with Gasteiger partial charge in [0.05, 0.1) is 23.7 Å². The highest BCUT2D eigenvalue weighted by atomic mass is 35.5. The molecule has 1 aliphatic rings. The Morgan fingerprint density at radius 2 is 1.86 bits per heavy atom. The van der Waals surface area contributed by atoms with Crippen LogP contribution in [-0.2, 0) is 16.6 Å². The maximum absolute atomic E-state index is 11.7. The van der Waals surface area contributed by atoms with Gasteiger partial charge in [0.2, 0.25) is 10.0 Å². The fourth-order valence-corrected chi connectivity index (χ4v) is 4.51. The molecule has 0 bridgehead atoms. The molecule has 3 aromatic rings. The third-order valence-corrected chi connectivity index (χ3v) is 5.84. The van der Waals surface area contributed by atoms with Gasteiger partial charge in [-0.15, -0.1) is 10.2 Å². The SMILES string of the molecule is C[C@H](NS(C)(=O)=O)c1nnc2n1-c1ccc(Cl)cc1C(c1ccccc1Cl)=NC2. The van der Waals surface area contributed by atoms with Gasteiger partial charge in [-0.05, 0) is 31.2 Å². The Bertz CT molecular complexity index is 1240. The molecule has 10 heteroatoms. The number of aliphatic imine (C=N–C) groups is 1. The van der Waals surface area contributed by atoms with E-state index >= 15 is 0 Å². The Morgan fingerprint density at radius 3 is 2.59 bits per heavy atom. The molecule has 1 aliphatic heterocycles. The second-order valence-electron chi connectivity index (χ2n) is 6.73. The van der Waals surface area contributed by atoms with Crippen LogP contribution in [0, 0.1) is 0 Å². The predicted octanol–water partition coefficient (Wildman–Crippen LogP) is 3.54. The van der Waals surface area contributed by atoms with Gasteiger partial charge in [-0.2, -0.15) is 0 Å². The third kappa shape index (κ3) is 3.93. The second kappa shape index (κ2) is 7.53. The number of halogens is 2. The van der Waals surface area contributed by atoms with Crippen LogP contribution in [0.25, 0.3) is 5.69 Å². The molecule has 0 saturated heterocycles. The van der Waals surface area contributed by atoms with Crippen molar-refractivity contribution in [2.45, 2.75) is 19.5 Å². The molecule has 0 amide bonds. The smallest absolute Gasteiger partial charge is 0.209 e. The highest BCUT2D eigenvalue weighted by molar-refractivity contribution is 7.88. The van der Waals surface area contributed by atoms with E-state index in [0.29, 0.717) is 27.4 Å². The lowest BCUT2D eigenvalue weighted by Crippen LogP contribution is -2.27. The molecule has 0 fully saturated rings. The van der Waals surface area contributed by atoms with E-state index in [2.05, 4.69) is 14.9 Å². The average molecular weight is 450 g/mol. The number of benzene rings is 2. The maximum Gasteiger partial charge on any atom is 0.209 e. The van der Waals surface area contributed by atoms with Crippen molar-refractivity contribution in [2.75, 3.05) is 6.26 Å². The highest BCUT2D eigenvalue weighted by Crippen LogP contribution is 2.31. The first kappa shape index (κ1) is 20.0. The van der Waals surface area contributed by atoms with Crippen molar-refractivity contribution in [2.24, 2.45) is 4.99 Å². The first-order chi connectivity index (χ1) is 13.7. The van der Waals surface area contributed by atoms with Crippen LogP contribution in [0.2, 0.25) is 10.0 Å². The summed E-state index contributed by atoms with van der Waals surface area (Å²) >= 11 is 12.7. The zero-order valence-electron chi connectivity index (χ0n) is 15.6. The van der Waals surface area contributed by atoms with Gasteiger partial charge < -0.3 is 0 Å². The summed E-state index contributed by atoms with van der Waals surface area (Å²) < 4.78 is 27.8. The lowest BCUT2D eigenvalue weighted by molar-refractivity contribution is 0.562. The molecule has 1 N–H and O–H groups in total. The number of rotatable bonds is 4. The summed E-state index contributed by atoms with van der Waals surface area (Å²) in [4.78, 5) is 4.74. The molecule has 2 heterocycles. The van der Waals surface area contributed by atoms with Crippen LogP contribution in [0.3, 0.4) is 0 Å². The fourth-order valence-electron chi connectivity index (χ4n) is 3.36. The first-order valence-electron chi connectivity index (χ1n) is 8.76. The predicted molar refractivity (Wildman–Crippen MR) is 114 cm³/mol. The molecular weight excluding hydrogens is 433 g/mol. The lowest BCUT2D eigenvalue weighted by atomic mass is 10.0. The van der Waals surface area contributed by atoms with Gasteiger partial charge in [0.25, 0.3) is 0 Å². The van der Waals surface area contributed by atoms with E-state index in [-0.39, 0.29) is 6.54 Å². The largest absolute Gasteiger partial charge is 0.279 e. The van der Waals surface area contributed by atoms with Crippen LogP contribution >= 0.6 is 23.2 Å². The normalized spacial score (nSPS) is 14.6. The molecule has 0 aliphatic carbocycles. The van der Waals surface area contributed by atoms with Gasteiger partial charge in [-0.1, -0.05) is 41.4 Å². The highest BCUT2D eigenvalue weighted by Gasteiger charge is 2.27. The van der Waals surface area contributed by atoms with Crippen molar-refractivity contribution in [3.63, 3.8) is 0 Å². The summed E-state index contributed by atoms with van der Waals surface area (Å²) in [6.07, 6.45) is 1.11. The Balaban J connectivity index is 1.92. The van der Waals surface area contributed by atoms with Crippen molar-refractivity contribution < 1.29 is 8.42 Å². The van der Waals surface area contributed by atoms with Gasteiger partial charge in [0, 0.05) is 21.2 Å². The molecule has 1 aromatic heterocycles. The van der Waals surface area contributed by atoms with Crippen molar-refractivity contribution in [1.82, 2.24) is 19.5 Å². The number of hydrogen-bond acceptors (Lipinski definition) is 5. The van der Waals surface area contributed by atoms with Crippen LogP contribution in [0.4, 0.5) is 0 Å². The van der Waals surface area contributed by atoms with Crippen molar-refractivity contribution in [3.8, 4) is 5.69 Å². The number of nitrogens with one attached hydrogen (secondary N) is 1. The number of nitrogens with zero attached hydrogens (tertiary/aromatic N) is 4. The van der Waals surface area contributed by atoms with E-state index in [1.54, 1.807) is 19.1 Å². The van der Waals surface area contributed by atoms with E-state index < -0.39 is 16.1 Å². The van der Waals surface area contributed by atoms with Crippen LogP contribution in [0.15, 0.2) is 47.5 Å².